The lowest BCUT2D eigenvalue weighted by atomic mass is 10.0. The van der Waals surface area contributed by atoms with E-state index in [0.29, 0.717) is 38.4 Å². The Labute approximate surface area is 191 Å². The van der Waals surface area contributed by atoms with Crippen molar-refractivity contribution in [2.75, 3.05) is 17.7 Å². The molecule has 10 heteroatoms. The Morgan fingerprint density at radius 1 is 1.26 bits per heavy atom. The van der Waals surface area contributed by atoms with Crippen molar-refractivity contribution in [2.45, 2.75) is 23.6 Å². The van der Waals surface area contributed by atoms with Gasteiger partial charge in [-0.15, -0.1) is 11.3 Å². The Bertz CT molecular complexity index is 1170. The van der Waals surface area contributed by atoms with Crippen molar-refractivity contribution in [2.24, 2.45) is 0 Å². The molecule has 7 nitrogen and oxygen atoms in total. The van der Waals surface area contributed by atoms with Crippen LogP contribution in [0.4, 0.5) is 5.00 Å². The Morgan fingerprint density at radius 2 is 2.06 bits per heavy atom. The van der Waals surface area contributed by atoms with Crippen LogP contribution in [0.3, 0.4) is 0 Å². The number of thioether (sulfide) groups is 2. The monoisotopic (exact) mass is 473 g/mol. The van der Waals surface area contributed by atoms with E-state index in [2.05, 4.69) is 15.3 Å². The number of rotatable bonds is 7. The van der Waals surface area contributed by atoms with Gasteiger partial charge in [0.25, 0.3) is 5.56 Å². The van der Waals surface area contributed by atoms with E-state index < -0.39 is 5.97 Å². The van der Waals surface area contributed by atoms with Gasteiger partial charge in [-0.05, 0) is 12.5 Å². The normalized spacial score (nSPS) is 12.4. The van der Waals surface area contributed by atoms with Crippen molar-refractivity contribution in [1.82, 2.24) is 9.97 Å². The molecule has 0 atom stereocenters. The van der Waals surface area contributed by atoms with Crippen LogP contribution in [0.5, 0.6) is 0 Å². The number of hydrogen-bond acceptors (Lipinski definition) is 8. The molecule has 1 aliphatic rings. The predicted molar refractivity (Wildman–Crippen MR) is 125 cm³/mol. The first-order chi connectivity index (χ1) is 15.1. The highest BCUT2D eigenvalue weighted by Gasteiger charge is 2.23. The maximum absolute atomic E-state index is 12.6. The minimum atomic E-state index is -0.479. The smallest absolute Gasteiger partial charge is 0.341 e. The maximum Gasteiger partial charge on any atom is 0.341 e. The van der Waals surface area contributed by atoms with Crippen molar-refractivity contribution >= 4 is 51.7 Å². The fourth-order valence-electron chi connectivity index (χ4n) is 3.09. The molecule has 1 aliphatic heterocycles. The van der Waals surface area contributed by atoms with Gasteiger partial charge in [0.05, 0.1) is 18.1 Å². The van der Waals surface area contributed by atoms with Gasteiger partial charge in [0.15, 0.2) is 5.16 Å². The van der Waals surface area contributed by atoms with Crippen LogP contribution in [0.2, 0.25) is 0 Å². The molecule has 2 N–H and O–H groups in total. The quantitative estimate of drug-likeness (QED) is 0.302. The van der Waals surface area contributed by atoms with Crippen molar-refractivity contribution in [3.63, 3.8) is 0 Å². The van der Waals surface area contributed by atoms with Gasteiger partial charge in [0, 0.05) is 28.0 Å². The summed E-state index contributed by atoms with van der Waals surface area (Å²) in [6.45, 7) is 1.98. The van der Waals surface area contributed by atoms with Crippen LogP contribution in [0, 0.1) is 0 Å². The SMILES string of the molecule is CCOC(=O)c1c(-c2ccccc2)csc1NC(=O)CSc1nc2c(c(=O)[nH]1)CSC2. The van der Waals surface area contributed by atoms with Crippen molar-refractivity contribution in [1.29, 1.82) is 0 Å². The highest BCUT2D eigenvalue weighted by molar-refractivity contribution is 7.99. The van der Waals surface area contributed by atoms with Crippen molar-refractivity contribution in [3.05, 3.63) is 62.9 Å². The molecule has 31 heavy (non-hydrogen) atoms. The van der Waals surface area contributed by atoms with E-state index in [0.717, 1.165) is 23.0 Å². The third kappa shape index (κ3) is 4.86. The van der Waals surface area contributed by atoms with E-state index in [-0.39, 0.29) is 23.8 Å². The number of H-pyrrole nitrogens is 1. The summed E-state index contributed by atoms with van der Waals surface area (Å²) in [7, 11) is 0. The number of amides is 1. The van der Waals surface area contributed by atoms with Crippen LogP contribution in [-0.2, 0) is 21.0 Å². The number of anilines is 1. The van der Waals surface area contributed by atoms with Crippen LogP contribution in [0.25, 0.3) is 11.1 Å². The largest absolute Gasteiger partial charge is 0.462 e. The van der Waals surface area contributed by atoms with Gasteiger partial charge < -0.3 is 15.0 Å². The van der Waals surface area contributed by atoms with Gasteiger partial charge in [-0.3, -0.25) is 9.59 Å². The molecule has 160 valence electrons. The number of fused-ring (bicyclic) bond motifs is 1. The zero-order valence-corrected chi connectivity index (χ0v) is 19.0. The number of hydrogen-bond donors (Lipinski definition) is 2. The summed E-state index contributed by atoms with van der Waals surface area (Å²) < 4.78 is 5.22. The average Bonchev–Trinajstić information content (AvgIpc) is 3.40. The second-order valence-corrected chi connectivity index (χ2v) is 9.40. The molecule has 0 fully saturated rings. The highest BCUT2D eigenvalue weighted by atomic mass is 32.2. The first-order valence-corrected chi connectivity index (χ1v) is 12.5. The van der Waals surface area contributed by atoms with Crippen LogP contribution >= 0.6 is 34.9 Å². The van der Waals surface area contributed by atoms with Crippen LogP contribution in [0.15, 0.2) is 45.7 Å². The number of esters is 1. The molecule has 3 heterocycles. The molecule has 0 saturated heterocycles. The predicted octanol–water partition coefficient (Wildman–Crippen LogP) is 4.15. The minimum absolute atomic E-state index is 0.0513. The van der Waals surface area contributed by atoms with Gasteiger partial charge in [0.1, 0.15) is 10.6 Å². The maximum atomic E-state index is 12.6. The molecule has 0 radical (unpaired) electrons. The topological polar surface area (TPSA) is 101 Å². The molecule has 0 aliphatic carbocycles. The molecular weight excluding hydrogens is 454 g/mol. The van der Waals surface area contributed by atoms with Crippen LogP contribution < -0.4 is 10.9 Å². The number of aromatic amines is 1. The number of aromatic nitrogens is 2. The number of carbonyl (C=O) groups is 2. The number of nitrogens with one attached hydrogen (secondary N) is 2. The zero-order chi connectivity index (χ0) is 21.8. The molecule has 0 saturated carbocycles. The lowest BCUT2D eigenvalue weighted by Crippen LogP contribution is -2.18. The molecule has 2 aromatic heterocycles. The summed E-state index contributed by atoms with van der Waals surface area (Å²) in [5, 5.41) is 5.51. The number of carbonyl (C=O) groups excluding carboxylic acids is 2. The lowest BCUT2D eigenvalue weighted by molar-refractivity contribution is -0.113. The standard InChI is InChI=1S/C21H19N3O4S3/c1-2-28-20(27)17-13(12-6-4-3-5-7-12)9-30-19(17)23-16(25)11-31-21-22-15-10-29-8-14(15)18(26)24-21/h3-7,9H,2,8,10-11H2,1H3,(H,23,25)(H,22,24,26). The molecule has 1 amide bonds. The Morgan fingerprint density at radius 3 is 2.84 bits per heavy atom. The zero-order valence-electron chi connectivity index (χ0n) is 16.6. The van der Waals surface area contributed by atoms with Crippen molar-refractivity contribution in [3.8, 4) is 11.1 Å². The van der Waals surface area contributed by atoms with E-state index in [4.69, 9.17) is 4.74 Å². The van der Waals surface area contributed by atoms with Crippen molar-refractivity contribution < 1.29 is 14.3 Å². The Kier molecular flexibility index (Phi) is 6.79. The fourth-order valence-corrected chi connectivity index (χ4v) is 5.78. The number of thiophene rings is 1. The molecular formula is C21H19N3O4S3. The van der Waals surface area contributed by atoms with Gasteiger partial charge in [-0.1, -0.05) is 42.1 Å². The first-order valence-electron chi connectivity index (χ1n) is 9.53. The van der Waals surface area contributed by atoms with E-state index in [1.54, 1.807) is 18.7 Å². The average molecular weight is 474 g/mol. The third-order valence-electron chi connectivity index (χ3n) is 4.51. The van der Waals surface area contributed by atoms with E-state index in [1.165, 1.54) is 11.3 Å². The van der Waals surface area contributed by atoms with Crippen LogP contribution in [-0.4, -0.2) is 34.2 Å². The summed E-state index contributed by atoms with van der Waals surface area (Å²) in [5.41, 5.74) is 3.28. The second-order valence-electron chi connectivity index (χ2n) is 6.57. The lowest BCUT2D eigenvalue weighted by Gasteiger charge is -2.09. The third-order valence-corrected chi connectivity index (χ3v) is 7.25. The number of ether oxygens (including phenoxy) is 1. The Balaban J connectivity index is 1.50. The molecule has 1 aromatic carbocycles. The van der Waals surface area contributed by atoms with Gasteiger partial charge in [0.2, 0.25) is 5.91 Å². The Hall–Kier alpha value is -2.56. The number of benzene rings is 1. The number of nitrogens with zero attached hydrogens (tertiary/aromatic N) is 1. The van der Waals surface area contributed by atoms with Gasteiger partial charge in [-0.25, -0.2) is 9.78 Å². The molecule has 0 unspecified atom stereocenters. The minimum Gasteiger partial charge on any atom is -0.462 e. The molecule has 4 rings (SSSR count). The second kappa shape index (κ2) is 9.71. The van der Waals surface area contributed by atoms with Gasteiger partial charge in [-0.2, -0.15) is 11.8 Å². The summed E-state index contributed by atoms with van der Waals surface area (Å²) in [6, 6.07) is 9.48. The van der Waals surface area contributed by atoms with E-state index >= 15 is 0 Å². The molecule has 0 spiro atoms. The van der Waals surface area contributed by atoms with E-state index in [1.807, 2.05) is 35.7 Å². The summed E-state index contributed by atoms with van der Waals surface area (Å²) in [6.07, 6.45) is 0. The van der Waals surface area contributed by atoms with Crippen LogP contribution in [0.1, 0.15) is 28.5 Å². The molecule has 3 aromatic rings. The summed E-state index contributed by atoms with van der Waals surface area (Å²) >= 11 is 4.08. The summed E-state index contributed by atoms with van der Waals surface area (Å²) in [4.78, 5) is 44.5. The summed E-state index contributed by atoms with van der Waals surface area (Å²) in [5.74, 6) is 0.652. The van der Waals surface area contributed by atoms with Gasteiger partial charge >= 0.3 is 5.97 Å². The highest BCUT2D eigenvalue weighted by Crippen LogP contribution is 2.36. The first kappa shape index (κ1) is 21.7. The fraction of sp³-hybridized carbons (Fsp3) is 0.238. The molecule has 0 bridgehead atoms. The van der Waals surface area contributed by atoms with E-state index in [9.17, 15) is 14.4 Å².